The first-order valence-electron chi connectivity index (χ1n) is 11.0. The topological polar surface area (TPSA) is 25.5 Å². The maximum absolute atomic E-state index is 5.88. The highest BCUT2D eigenvalue weighted by atomic mass is 31.2. The second kappa shape index (κ2) is 9.73. The minimum absolute atomic E-state index is 0.756. The van der Waals surface area contributed by atoms with Gasteiger partial charge in [-0.05, 0) is 23.8 Å². The van der Waals surface area contributed by atoms with E-state index in [9.17, 15) is 0 Å². The molecule has 5 aromatic rings. The highest BCUT2D eigenvalue weighted by molar-refractivity contribution is 7.87. The lowest BCUT2D eigenvalue weighted by atomic mass is 10.2. The SMILES string of the molecule is C(=C(\N=P(c1ccccc1)(c1ccccc1)c1ccccc1)c1ccco1)/c1ccccc1. The Hall–Kier alpha value is -3.87. The van der Waals surface area contributed by atoms with E-state index in [4.69, 9.17) is 9.16 Å². The van der Waals surface area contributed by atoms with Crippen molar-refractivity contribution in [2.45, 2.75) is 0 Å². The van der Waals surface area contributed by atoms with Crippen LogP contribution in [0, 0.1) is 0 Å². The lowest BCUT2D eigenvalue weighted by Crippen LogP contribution is -2.25. The molecule has 0 unspecified atom stereocenters. The molecule has 4 aromatic carbocycles. The van der Waals surface area contributed by atoms with Crippen LogP contribution in [0.25, 0.3) is 11.8 Å². The van der Waals surface area contributed by atoms with Crippen molar-refractivity contribution in [3.8, 4) is 0 Å². The van der Waals surface area contributed by atoms with Gasteiger partial charge in [-0.3, -0.25) is 0 Å². The van der Waals surface area contributed by atoms with Crippen LogP contribution in [0.3, 0.4) is 0 Å². The van der Waals surface area contributed by atoms with Crippen molar-refractivity contribution in [3.05, 3.63) is 151 Å². The van der Waals surface area contributed by atoms with E-state index in [0.29, 0.717) is 0 Å². The van der Waals surface area contributed by atoms with E-state index < -0.39 is 7.05 Å². The Bertz CT molecular complexity index is 1270. The number of rotatable bonds is 6. The number of hydrogen-bond acceptors (Lipinski definition) is 2. The van der Waals surface area contributed by atoms with E-state index in [1.807, 2.05) is 30.3 Å². The Balaban J connectivity index is 1.90. The third-order valence-electron chi connectivity index (χ3n) is 5.52. The van der Waals surface area contributed by atoms with Gasteiger partial charge in [0.1, 0.15) is 5.70 Å². The first kappa shape index (κ1) is 21.0. The first-order chi connectivity index (χ1) is 16.4. The largest absolute Gasteiger partial charge is 0.463 e. The zero-order chi connectivity index (χ0) is 22.3. The molecule has 0 saturated heterocycles. The van der Waals surface area contributed by atoms with Crippen molar-refractivity contribution in [3.63, 3.8) is 0 Å². The predicted molar refractivity (Wildman–Crippen MR) is 141 cm³/mol. The molecule has 0 aliphatic rings. The van der Waals surface area contributed by atoms with E-state index in [1.54, 1.807) is 6.26 Å². The average molecular weight is 446 g/mol. The van der Waals surface area contributed by atoms with Crippen LogP contribution in [-0.2, 0) is 0 Å². The second-order valence-electron chi connectivity index (χ2n) is 7.66. The summed E-state index contributed by atoms with van der Waals surface area (Å²) < 4.78 is 11.5. The average Bonchev–Trinajstić information content (AvgIpc) is 3.44. The third-order valence-corrected chi connectivity index (χ3v) is 9.18. The highest BCUT2D eigenvalue weighted by Crippen LogP contribution is 2.49. The maximum atomic E-state index is 5.88. The number of furan rings is 1. The molecule has 0 amide bonds. The highest BCUT2D eigenvalue weighted by Gasteiger charge is 2.28. The summed E-state index contributed by atoms with van der Waals surface area (Å²) in [4.78, 5) is 0. The molecule has 0 aliphatic heterocycles. The van der Waals surface area contributed by atoms with Crippen molar-refractivity contribution in [1.82, 2.24) is 0 Å². The van der Waals surface area contributed by atoms with Crippen molar-refractivity contribution < 1.29 is 4.42 Å². The van der Waals surface area contributed by atoms with Crippen molar-refractivity contribution in [2.24, 2.45) is 4.74 Å². The van der Waals surface area contributed by atoms with Crippen LogP contribution >= 0.6 is 7.05 Å². The summed E-state index contributed by atoms with van der Waals surface area (Å²) in [6.07, 6.45) is 3.82. The monoisotopic (exact) mass is 445 g/mol. The predicted octanol–water partition coefficient (Wildman–Crippen LogP) is 6.96. The molecule has 3 heteroatoms. The van der Waals surface area contributed by atoms with Gasteiger partial charge in [-0.25, -0.2) is 4.74 Å². The van der Waals surface area contributed by atoms with Crippen molar-refractivity contribution >= 4 is 34.7 Å². The zero-order valence-electron chi connectivity index (χ0n) is 18.2. The van der Waals surface area contributed by atoms with Gasteiger partial charge < -0.3 is 4.42 Å². The molecular weight excluding hydrogens is 421 g/mol. The molecule has 0 saturated carbocycles. The second-order valence-corrected chi connectivity index (χ2v) is 10.7. The number of benzene rings is 4. The lowest BCUT2D eigenvalue weighted by molar-refractivity contribution is 0.552. The molecule has 1 aromatic heterocycles. The first-order valence-corrected chi connectivity index (χ1v) is 12.7. The van der Waals surface area contributed by atoms with Crippen LogP contribution < -0.4 is 15.9 Å². The lowest BCUT2D eigenvalue weighted by Gasteiger charge is -2.27. The van der Waals surface area contributed by atoms with Crippen LogP contribution in [0.4, 0.5) is 0 Å². The molecule has 0 bridgehead atoms. The summed E-state index contributed by atoms with van der Waals surface area (Å²) in [5.74, 6) is 0.756. The van der Waals surface area contributed by atoms with Gasteiger partial charge in [-0.15, -0.1) is 0 Å². The Morgan fingerprint density at radius 3 is 1.42 bits per heavy atom. The summed E-state index contributed by atoms with van der Waals surface area (Å²) in [5, 5.41) is 3.61. The van der Waals surface area contributed by atoms with E-state index in [0.717, 1.165) is 17.0 Å². The Morgan fingerprint density at radius 2 is 1.00 bits per heavy atom. The molecule has 0 spiro atoms. The van der Waals surface area contributed by atoms with Crippen molar-refractivity contribution in [1.29, 1.82) is 0 Å². The van der Waals surface area contributed by atoms with Gasteiger partial charge in [0.15, 0.2) is 5.76 Å². The fourth-order valence-electron chi connectivity index (χ4n) is 3.99. The van der Waals surface area contributed by atoms with Crippen molar-refractivity contribution in [2.75, 3.05) is 0 Å². The van der Waals surface area contributed by atoms with Gasteiger partial charge in [0, 0.05) is 15.9 Å². The molecule has 160 valence electrons. The molecule has 0 aliphatic carbocycles. The number of nitrogens with zero attached hydrogens (tertiary/aromatic N) is 1. The van der Waals surface area contributed by atoms with Gasteiger partial charge in [-0.2, -0.15) is 0 Å². The van der Waals surface area contributed by atoms with Crippen LogP contribution in [0.15, 0.2) is 149 Å². The van der Waals surface area contributed by atoms with Crippen LogP contribution in [0.5, 0.6) is 0 Å². The fraction of sp³-hybridized carbons (Fsp3) is 0. The minimum Gasteiger partial charge on any atom is -0.463 e. The van der Waals surface area contributed by atoms with Gasteiger partial charge in [0.05, 0.1) is 13.3 Å². The molecule has 33 heavy (non-hydrogen) atoms. The Labute approximate surface area is 194 Å². The summed E-state index contributed by atoms with van der Waals surface area (Å²) in [7, 11) is -2.39. The minimum atomic E-state index is -2.39. The smallest absolute Gasteiger partial charge is 0.152 e. The summed E-state index contributed by atoms with van der Waals surface area (Å²) in [6.45, 7) is 0. The van der Waals surface area contributed by atoms with Gasteiger partial charge in [-0.1, -0.05) is 121 Å². The van der Waals surface area contributed by atoms with Crippen LogP contribution in [-0.4, -0.2) is 0 Å². The molecule has 0 radical (unpaired) electrons. The normalized spacial score (nSPS) is 11.8. The molecular formula is C30H24NOP. The quantitative estimate of drug-likeness (QED) is 0.260. The third kappa shape index (κ3) is 4.39. The van der Waals surface area contributed by atoms with Gasteiger partial charge in [0.2, 0.25) is 0 Å². The molecule has 0 N–H and O–H groups in total. The molecule has 1 heterocycles. The standard InChI is InChI=1S/C30H24NOP/c1-5-14-25(15-6-1)24-29(30-22-13-23-32-30)31-33(26-16-7-2-8-17-26,27-18-9-3-10-19-27)28-20-11-4-12-21-28/h1-24H/b29-24+. The zero-order valence-corrected chi connectivity index (χ0v) is 19.1. The summed E-state index contributed by atoms with van der Waals surface area (Å²) in [6, 6.07) is 46.1. The van der Waals surface area contributed by atoms with E-state index in [1.165, 1.54) is 15.9 Å². The fourth-order valence-corrected chi connectivity index (χ4v) is 7.53. The summed E-state index contributed by atoms with van der Waals surface area (Å²) in [5.41, 5.74) is 1.91. The Morgan fingerprint density at radius 1 is 0.545 bits per heavy atom. The Kier molecular flexibility index (Phi) is 6.19. The molecule has 5 rings (SSSR count). The van der Waals surface area contributed by atoms with E-state index >= 15 is 0 Å². The van der Waals surface area contributed by atoms with Crippen LogP contribution in [0.2, 0.25) is 0 Å². The van der Waals surface area contributed by atoms with Crippen LogP contribution in [0.1, 0.15) is 11.3 Å². The molecule has 2 nitrogen and oxygen atoms in total. The van der Waals surface area contributed by atoms with E-state index in [-0.39, 0.29) is 0 Å². The van der Waals surface area contributed by atoms with Gasteiger partial charge in [0.25, 0.3) is 0 Å². The number of hydrogen-bond donors (Lipinski definition) is 0. The molecule has 0 atom stereocenters. The maximum Gasteiger partial charge on any atom is 0.152 e. The molecule has 0 fully saturated rings. The van der Waals surface area contributed by atoms with Gasteiger partial charge >= 0.3 is 0 Å². The van der Waals surface area contributed by atoms with E-state index in [2.05, 4.69) is 109 Å². The summed E-state index contributed by atoms with van der Waals surface area (Å²) >= 11 is 0.